The van der Waals surface area contributed by atoms with Gasteiger partial charge in [-0.1, -0.05) is 48.5 Å². The Morgan fingerprint density at radius 3 is 2.15 bits per heavy atom. The Morgan fingerprint density at radius 2 is 1.55 bits per heavy atom. The number of hydrogen-bond donors (Lipinski definition) is 1. The van der Waals surface area contributed by atoms with Crippen LogP contribution in [0.3, 0.4) is 0 Å². The molecule has 0 fully saturated rings. The van der Waals surface area contributed by atoms with Crippen LogP contribution in [0.25, 0.3) is 11.1 Å². The predicted octanol–water partition coefficient (Wildman–Crippen LogP) is 3.58. The third-order valence-electron chi connectivity index (χ3n) is 6.43. The summed E-state index contributed by atoms with van der Waals surface area (Å²) in [7, 11) is 1.23. The maximum Gasteiger partial charge on any atom is 0.407 e. The van der Waals surface area contributed by atoms with Gasteiger partial charge < -0.3 is 29.0 Å². The molecule has 0 aromatic heterocycles. The van der Waals surface area contributed by atoms with Gasteiger partial charge in [0.15, 0.2) is 0 Å². The number of hydrogen-bond acceptors (Lipinski definition) is 10. The topological polar surface area (TPSA) is 126 Å². The maximum atomic E-state index is 12.8. The van der Waals surface area contributed by atoms with Gasteiger partial charge in [-0.3, -0.25) is 9.59 Å². The minimum Gasteiger partial charge on any atom is -0.467 e. The monoisotopic (exact) mass is 569 g/mol. The minimum atomic E-state index is -1.01. The van der Waals surface area contributed by atoms with E-state index in [0.717, 1.165) is 22.3 Å². The van der Waals surface area contributed by atoms with Crippen LogP contribution in [0.1, 0.15) is 30.9 Å². The van der Waals surface area contributed by atoms with Crippen LogP contribution >= 0.6 is 11.8 Å². The molecule has 2 aromatic rings. The maximum absolute atomic E-state index is 12.8. The van der Waals surface area contributed by atoms with Gasteiger partial charge in [0.1, 0.15) is 36.9 Å². The molecule has 1 N–H and O–H groups in total. The van der Waals surface area contributed by atoms with Gasteiger partial charge in [-0.2, -0.15) is 0 Å². The number of thioether (sulfide) groups is 1. The van der Waals surface area contributed by atoms with Crippen LogP contribution < -0.4 is 5.32 Å². The van der Waals surface area contributed by atoms with Gasteiger partial charge in [-0.05, 0) is 34.4 Å². The summed E-state index contributed by atoms with van der Waals surface area (Å²) in [5.74, 6) is -1.67. The molecule has 1 unspecified atom stereocenters. The van der Waals surface area contributed by atoms with Crippen molar-refractivity contribution in [3.63, 3.8) is 0 Å². The number of fused-ring (bicyclic) bond motifs is 3. The first-order valence-corrected chi connectivity index (χ1v) is 13.8. The largest absolute Gasteiger partial charge is 0.467 e. The molecule has 2 aliphatic rings. The number of rotatable bonds is 10. The zero-order chi connectivity index (χ0) is 28.6. The highest BCUT2D eigenvalue weighted by Crippen LogP contribution is 2.44. The number of nitrogens with one attached hydrogen (secondary N) is 1. The third-order valence-corrected chi connectivity index (χ3v) is 7.56. The van der Waals surface area contributed by atoms with Crippen molar-refractivity contribution in [1.29, 1.82) is 0 Å². The van der Waals surface area contributed by atoms with Crippen molar-refractivity contribution in [1.82, 2.24) is 5.32 Å². The molecule has 212 valence electrons. The van der Waals surface area contributed by atoms with Crippen LogP contribution in [-0.4, -0.2) is 73.8 Å². The lowest BCUT2D eigenvalue weighted by Crippen LogP contribution is -2.45. The van der Waals surface area contributed by atoms with E-state index in [2.05, 4.69) is 5.32 Å². The number of benzene rings is 2. The number of alkyl carbamates (subject to hydrolysis) is 1. The van der Waals surface area contributed by atoms with Gasteiger partial charge in [0.05, 0.1) is 7.11 Å². The van der Waals surface area contributed by atoms with Gasteiger partial charge in [0, 0.05) is 25.5 Å². The fraction of sp³-hybridized carbons (Fsp3) is 0.379. The fourth-order valence-corrected chi connectivity index (χ4v) is 5.66. The Labute approximate surface area is 236 Å². The molecule has 1 aliphatic carbocycles. The molecular formula is C29H31NO9S. The summed E-state index contributed by atoms with van der Waals surface area (Å²) in [6.45, 7) is 2.52. The molecule has 1 amide bonds. The zero-order valence-electron chi connectivity index (χ0n) is 22.4. The molecule has 0 saturated heterocycles. The van der Waals surface area contributed by atoms with Crippen LogP contribution in [0.5, 0.6) is 0 Å². The highest BCUT2D eigenvalue weighted by molar-refractivity contribution is 8.00. The van der Waals surface area contributed by atoms with Crippen molar-refractivity contribution < 1.29 is 42.9 Å². The van der Waals surface area contributed by atoms with E-state index in [4.69, 9.17) is 23.7 Å². The molecule has 2 aromatic carbocycles. The normalized spacial score (nSPS) is 20.0. The molecule has 1 aliphatic heterocycles. The lowest BCUT2D eigenvalue weighted by atomic mass is 9.98. The van der Waals surface area contributed by atoms with E-state index in [1.165, 1.54) is 32.7 Å². The predicted molar refractivity (Wildman–Crippen MR) is 146 cm³/mol. The van der Waals surface area contributed by atoms with Crippen molar-refractivity contribution in [3.05, 3.63) is 71.8 Å². The fourth-order valence-electron chi connectivity index (χ4n) is 4.64. The molecule has 0 radical (unpaired) electrons. The summed E-state index contributed by atoms with van der Waals surface area (Å²) in [6, 6.07) is 15.0. The molecule has 40 heavy (non-hydrogen) atoms. The van der Waals surface area contributed by atoms with Crippen molar-refractivity contribution in [2.75, 3.05) is 26.1 Å². The van der Waals surface area contributed by atoms with E-state index in [9.17, 15) is 19.2 Å². The number of carbonyl (C=O) groups excluding carboxylic acids is 4. The second-order valence-corrected chi connectivity index (χ2v) is 10.3. The molecule has 1 heterocycles. The number of amides is 1. The van der Waals surface area contributed by atoms with Gasteiger partial charge in [0.2, 0.25) is 0 Å². The van der Waals surface area contributed by atoms with Crippen LogP contribution in [0.2, 0.25) is 0 Å². The van der Waals surface area contributed by atoms with E-state index < -0.39 is 47.7 Å². The lowest BCUT2D eigenvalue weighted by molar-refractivity contribution is -0.160. The first-order valence-electron chi connectivity index (χ1n) is 12.7. The van der Waals surface area contributed by atoms with Gasteiger partial charge >= 0.3 is 24.0 Å². The molecule has 11 heteroatoms. The average Bonchev–Trinajstić information content (AvgIpc) is 3.26. The summed E-state index contributed by atoms with van der Waals surface area (Å²) < 4.78 is 26.6. The van der Waals surface area contributed by atoms with Crippen LogP contribution in [-0.2, 0) is 38.1 Å². The lowest BCUT2D eigenvalue weighted by Gasteiger charge is -2.31. The Hall–Kier alpha value is -3.83. The molecule has 4 atom stereocenters. The minimum absolute atomic E-state index is 0.102. The van der Waals surface area contributed by atoms with E-state index in [-0.39, 0.29) is 24.9 Å². The number of methoxy groups -OCH3 is 1. The summed E-state index contributed by atoms with van der Waals surface area (Å²) >= 11 is 1.21. The van der Waals surface area contributed by atoms with Crippen molar-refractivity contribution >= 4 is 35.8 Å². The first-order chi connectivity index (χ1) is 19.3. The van der Waals surface area contributed by atoms with Crippen molar-refractivity contribution in [2.45, 2.75) is 43.5 Å². The molecule has 4 rings (SSSR count). The first kappa shape index (κ1) is 29.2. The van der Waals surface area contributed by atoms with Gasteiger partial charge in [0.25, 0.3) is 0 Å². The van der Waals surface area contributed by atoms with Crippen LogP contribution in [0, 0.1) is 0 Å². The van der Waals surface area contributed by atoms with Crippen LogP contribution in [0.4, 0.5) is 4.79 Å². The summed E-state index contributed by atoms with van der Waals surface area (Å²) in [6.07, 6.45) is 1.10. The van der Waals surface area contributed by atoms with E-state index in [1.54, 1.807) is 12.2 Å². The second-order valence-electron chi connectivity index (χ2n) is 9.18. The Balaban J connectivity index is 1.35. The second kappa shape index (κ2) is 13.5. The van der Waals surface area contributed by atoms with Crippen molar-refractivity contribution in [2.24, 2.45) is 0 Å². The van der Waals surface area contributed by atoms with E-state index in [0.29, 0.717) is 0 Å². The Kier molecular flexibility index (Phi) is 9.84. The average molecular weight is 570 g/mol. The van der Waals surface area contributed by atoms with E-state index >= 15 is 0 Å². The Bertz CT molecular complexity index is 1230. The molecular weight excluding hydrogens is 538 g/mol. The third kappa shape index (κ3) is 7.22. The highest BCUT2D eigenvalue weighted by Gasteiger charge is 2.33. The summed E-state index contributed by atoms with van der Waals surface area (Å²) in [5.41, 5.74) is 3.81. The number of esters is 3. The van der Waals surface area contributed by atoms with Crippen molar-refractivity contribution in [3.8, 4) is 11.1 Å². The molecule has 0 spiro atoms. The summed E-state index contributed by atoms with van der Waals surface area (Å²) in [5, 5.41) is 2.59. The number of carbonyl (C=O) groups is 4. The van der Waals surface area contributed by atoms with Gasteiger partial charge in [-0.25, -0.2) is 9.59 Å². The molecule has 10 nitrogen and oxygen atoms in total. The smallest absolute Gasteiger partial charge is 0.407 e. The molecule has 0 saturated carbocycles. The zero-order valence-corrected chi connectivity index (χ0v) is 23.2. The van der Waals surface area contributed by atoms with Crippen LogP contribution in [0.15, 0.2) is 60.7 Å². The van der Waals surface area contributed by atoms with Gasteiger partial charge in [-0.15, -0.1) is 11.8 Å². The SMILES string of the molecule is COC(=O)[C@H](CS[C@@H]1C=C[C@H](OC(C)=O)C(COC(C)=O)O1)NC(=O)OCC1c2ccccc2-c2ccccc21. The molecule has 0 bridgehead atoms. The number of ether oxygens (including phenoxy) is 5. The summed E-state index contributed by atoms with van der Waals surface area (Å²) in [4.78, 5) is 47.9. The highest BCUT2D eigenvalue weighted by atomic mass is 32.2. The van der Waals surface area contributed by atoms with E-state index in [1.807, 2.05) is 48.5 Å². The quantitative estimate of drug-likeness (QED) is 0.258. The standard InChI is InChI=1S/C29H31NO9S/c1-17(31)36-15-26-25(38-18(2)32)12-13-27(39-26)40-16-24(28(33)35-3)30-29(34)37-14-23-21-10-6-4-8-19(21)20-9-5-7-11-22(20)23/h4-13,23-27H,14-16H2,1-3H3,(H,30,34)/t24-,25-,26?,27+/m0/s1. The Morgan fingerprint density at radius 1 is 0.900 bits per heavy atom.